The van der Waals surface area contributed by atoms with Crippen LogP contribution in [0.15, 0.2) is 42.5 Å². The summed E-state index contributed by atoms with van der Waals surface area (Å²) in [6.07, 6.45) is 0. The highest BCUT2D eigenvalue weighted by Gasteiger charge is 2.13. The topological polar surface area (TPSA) is 60.5 Å². The average Bonchev–Trinajstić information content (AvgIpc) is 3.03. The van der Waals surface area contributed by atoms with Crippen molar-refractivity contribution < 1.29 is 14.3 Å². The molecule has 6 heteroatoms. The SMILES string of the molecule is COc1ccc(CNC(=O)c2nc3ccccc3s2)c(OC)c1. The average molecular weight is 328 g/mol. The molecule has 0 radical (unpaired) electrons. The van der Waals surface area contributed by atoms with Gasteiger partial charge in [-0.2, -0.15) is 0 Å². The van der Waals surface area contributed by atoms with Crippen LogP contribution >= 0.6 is 11.3 Å². The van der Waals surface area contributed by atoms with Crippen LogP contribution in [-0.4, -0.2) is 25.1 Å². The van der Waals surface area contributed by atoms with Crippen LogP contribution in [0.4, 0.5) is 0 Å². The van der Waals surface area contributed by atoms with Gasteiger partial charge in [-0.1, -0.05) is 12.1 Å². The third-order valence-electron chi connectivity index (χ3n) is 3.42. The monoisotopic (exact) mass is 328 g/mol. The Balaban J connectivity index is 1.73. The molecule has 0 bridgehead atoms. The fourth-order valence-electron chi connectivity index (χ4n) is 2.22. The molecule has 0 saturated heterocycles. The van der Waals surface area contributed by atoms with Crippen LogP contribution in [0.3, 0.4) is 0 Å². The Hall–Kier alpha value is -2.60. The van der Waals surface area contributed by atoms with Crippen LogP contribution in [0.1, 0.15) is 15.4 Å². The fraction of sp³-hybridized carbons (Fsp3) is 0.176. The number of nitrogens with one attached hydrogen (secondary N) is 1. The molecule has 0 aliphatic heterocycles. The number of carbonyl (C=O) groups excluding carboxylic acids is 1. The number of ether oxygens (including phenoxy) is 2. The zero-order valence-corrected chi connectivity index (χ0v) is 13.6. The van der Waals surface area contributed by atoms with E-state index >= 15 is 0 Å². The standard InChI is InChI=1S/C17H16N2O3S/c1-21-12-8-7-11(14(9-12)22-2)10-18-16(20)17-19-13-5-3-4-6-15(13)23-17/h3-9H,10H2,1-2H3,(H,18,20). The van der Waals surface area contributed by atoms with Crippen molar-refractivity contribution in [1.82, 2.24) is 10.3 Å². The molecule has 0 unspecified atom stereocenters. The minimum absolute atomic E-state index is 0.191. The summed E-state index contributed by atoms with van der Waals surface area (Å²) in [5.74, 6) is 1.20. The number of para-hydroxylation sites is 1. The second kappa shape index (κ2) is 6.66. The highest BCUT2D eigenvalue weighted by molar-refractivity contribution is 7.20. The van der Waals surface area contributed by atoms with Gasteiger partial charge in [0.25, 0.3) is 5.91 Å². The summed E-state index contributed by atoms with van der Waals surface area (Å²) in [6.45, 7) is 0.363. The summed E-state index contributed by atoms with van der Waals surface area (Å²) in [4.78, 5) is 16.6. The van der Waals surface area contributed by atoms with Gasteiger partial charge >= 0.3 is 0 Å². The van der Waals surface area contributed by atoms with E-state index in [1.54, 1.807) is 20.3 Å². The van der Waals surface area contributed by atoms with Crippen LogP contribution in [0, 0.1) is 0 Å². The number of hydrogen-bond donors (Lipinski definition) is 1. The lowest BCUT2D eigenvalue weighted by Gasteiger charge is -2.10. The van der Waals surface area contributed by atoms with Crippen molar-refractivity contribution in [1.29, 1.82) is 0 Å². The summed E-state index contributed by atoms with van der Waals surface area (Å²) in [6, 6.07) is 13.2. The Morgan fingerprint density at radius 2 is 2.00 bits per heavy atom. The van der Waals surface area contributed by atoms with Gasteiger partial charge in [-0.15, -0.1) is 11.3 Å². The molecule has 118 valence electrons. The normalized spacial score (nSPS) is 10.5. The fourth-order valence-corrected chi connectivity index (χ4v) is 3.10. The molecular weight excluding hydrogens is 312 g/mol. The first-order valence-electron chi connectivity index (χ1n) is 7.06. The molecule has 0 fully saturated rings. The Labute approximate surface area is 137 Å². The smallest absolute Gasteiger partial charge is 0.280 e. The van der Waals surface area contributed by atoms with E-state index in [-0.39, 0.29) is 5.91 Å². The van der Waals surface area contributed by atoms with Gasteiger partial charge in [0.05, 0.1) is 24.4 Å². The number of fused-ring (bicyclic) bond motifs is 1. The largest absolute Gasteiger partial charge is 0.497 e. The zero-order valence-electron chi connectivity index (χ0n) is 12.8. The van der Waals surface area contributed by atoms with Crippen molar-refractivity contribution in [3.63, 3.8) is 0 Å². The van der Waals surface area contributed by atoms with Gasteiger partial charge < -0.3 is 14.8 Å². The Bertz CT molecular complexity index is 812. The lowest BCUT2D eigenvalue weighted by atomic mass is 10.2. The number of benzene rings is 2. The summed E-state index contributed by atoms with van der Waals surface area (Å²) in [5, 5.41) is 3.33. The number of rotatable bonds is 5. The van der Waals surface area contributed by atoms with Crippen molar-refractivity contribution in [2.45, 2.75) is 6.54 Å². The maximum absolute atomic E-state index is 12.3. The molecule has 1 N–H and O–H groups in total. The van der Waals surface area contributed by atoms with Gasteiger partial charge in [-0.3, -0.25) is 4.79 Å². The van der Waals surface area contributed by atoms with E-state index in [2.05, 4.69) is 10.3 Å². The number of hydrogen-bond acceptors (Lipinski definition) is 5. The number of nitrogens with zero attached hydrogens (tertiary/aromatic N) is 1. The quantitative estimate of drug-likeness (QED) is 0.781. The van der Waals surface area contributed by atoms with Crippen LogP contribution in [0.25, 0.3) is 10.2 Å². The molecule has 2 aromatic carbocycles. The van der Waals surface area contributed by atoms with Gasteiger partial charge in [-0.05, 0) is 24.3 Å². The van der Waals surface area contributed by atoms with E-state index in [1.807, 2.05) is 36.4 Å². The van der Waals surface area contributed by atoms with E-state index < -0.39 is 0 Å². The molecule has 0 aliphatic rings. The highest BCUT2D eigenvalue weighted by atomic mass is 32.1. The minimum Gasteiger partial charge on any atom is -0.497 e. The molecular formula is C17H16N2O3S. The Morgan fingerprint density at radius 3 is 2.74 bits per heavy atom. The van der Waals surface area contributed by atoms with Crippen LogP contribution < -0.4 is 14.8 Å². The Kier molecular flexibility index (Phi) is 4.43. The maximum atomic E-state index is 12.3. The van der Waals surface area contributed by atoms with Gasteiger partial charge in [0.1, 0.15) is 11.5 Å². The van der Waals surface area contributed by atoms with Crippen LogP contribution in [0.5, 0.6) is 11.5 Å². The van der Waals surface area contributed by atoms with Gasteiger partial charge in [0.15, 0.2) is 5.01 Å². The molecule has 0 saturated carbocycles. The zero-order chi connectivity index (χ0) is 16.2. The molecule has 1 aromatic heterocycles. The lowest BCUT2D eigenvalue weighted by molar-refractivity contribution is 0.0950. The second-order valence-electron chi connectivity index (χ2n) is 4.85. The van der Waals surface area contributed by atoms with E-state index in [0.717, 1.165) is 15.8 Å². The molecule has 3 rings (SSSR count). The summed E-state index contributed by atoms with van der Waals surface area (Å²) >= 11 is 1.38. The number of carbonyl (C=O) groups is 1. The van der Waals surface area contributed by atoms with Crippen molar-refractivity contribution in [3.05, 3.63) is 53.0 Å². The first-order valence-corrected chi connectivity index (χ1v) is 7.87. The van der Waals surface area contributed by atoms with E-state index in [4.69, 9.17) is 9.47 Å². The van der Waals surface area contributed by atoms with E-state index in [9.17, 15) is 4.79 Å². The third-order valence-corrected chi connectivity index (χ3v) is 4.46. The lowest BCUT2D eigenvalue weighted by Crippen LogP contribution is -2.22. The molecule has 1 heterocycles. The third kappa shape index (κ3) is 3.27. The number of aromatic nitrogens is 1. The second-order valence-corrected chi connectivity index (χ2v) is 5.88. The molecule has 23 heavy (non-hydrogen) atoms. The predicted octanol–water partition coefficient (Wildman–Crippen LogP) is 3.24. The van der Waals surface area contributed by atoms with Crippen LogP contribution in [0.2, 0.25) is 0 Å². The number of amides is 1. The highest BCUT2D eigenvalue weighted by Crippen LogP contribution is 2.25. The van der Waals surface area contributed by atoms with Crippen LogP contribution in [-0.2, 0) is 6.54 Å². The van der Waals surface area contributed by atoms with Crippen molar-refractivity contribution in [2.75, 3.05) is 14.2 Å². The van der Waals surface area contributed by atoms with Gasteiger partial charge in [0, 0.05) is 18.2 Å². The maximum Gasteiger partial charge on any atom is 0.280 e. The number of thiazole rings is 1. The van der Waals surface area contributed by atoms with Gasteiger partial charge in [0.2, 0.25) is 0 Å². The van der Waals surface area contributed by atoms with E-state index in [1.165, 1.54) is 11.3 Å². The molecule has 0 aliphatic carbocycles. The molecule has 1 amide bonds. The van der Waals surface area contributed by atoms with E-state index in [0.29, 0.717) is 23.1 Å². The first kappa shape index (κ1) is 15.3. The summed E-state index contributed by atoms with van der Waals surface area (Å²) in [7, 11) is 3.19. The minimum atomic E-state index is -0.191. The Morgan fingerprint density at radius 1 is 1.17 bits per heavy atom. The summed E-state index contributed by atoms with van der Waals surface area (Å²) < 4.78 is 11.5. The van der Waals surface area contributed by atoms with Crippen molar-refractivity contribution >= 4 is 27.5 Å². The molecule has 5 nitrogen and oxygen atoms in total. The molecule has 3 aromatic rings. The van der Waals surface area contributed by atoms with Crippen molar-refractivity contribution in [3.8, 4) is 11.5 Å². The van der Waals surface area contributed by atoms with Crippen molar-refractivity contribution in [2.24, 2.45) is 0 Å². The first-order chi connectivity index (χ1) is 11.2. The molecule has 0 atom stereocenters. The molecule has 0 spiro atoms. The predicted molar refractivity (Wildman–Crippen MR) is 90.3 cm³/mol. The number of methoxy groups -OCH3 is 2. The summed E-state index contributed by atoms with van der Waals surface area (Å²) in [5.41, 5.74) is 1.72. The van der Waals surface area contributed by atoms with Gasteiger partial charge in [-0.25, -0.2) is 4.98 Å².